The normalized spacial score (nSPS) is 13.0. The third-order valence-electron chi connectivity index (χ3n) is 2.88. The Morgan fingerprint density at radius 1 is 1.33 bits per heavy atom. The fourth-order valence-corrected chi connectivity index (χ4v) is 1.47. The van der Waals surface area contributed by atoms with Crippen LogP contribution in [0.2, 0.25) is 0 Å². The maximum absolute atomic E-state index is 11.6. The van der Waals surface area contributed by atoms with Crippen molar-refractivity contribution in [3.8, 4) is 0 Å². The molecule has 0 aliphatic carbocycles. The summed E-state index contributed by atoms with van der Waals surface area (Å²) in [6.07, 6.45) is 1.30. The lowest BCUT2D eigenvalue weighted by molar-refractivity contribution is -0.121. The number of rotatable bonds is 8. The molecule has 0 saturated carbocycles. The van der Waals surface area contributed by atoms with Crippen molar-refractivity contribution in [2.75, 3.05) is 11.9 Å². The van der Waals surface area contributed by atoms with Gasteiger partial charge in [-0.15, -0.1) is 5.10 Å². The van der Waals surface area contributed by atoms with Gasteiger partial charge in [-0.05, 0) is 34.1 Å². The Morgan fingerprint density at radius 3 is 2.67 bits per heavy atom. The molecular weight excluding hydrogens is 270 g/mol. The van der Waals surface area contributed by atoms with Crippen LogP contribution in [0.1, 0.15) is 53.4 Å². The van der Waals surface area contributed by atoms with E-state index in [0.29, 0.717) is 31.4 Å². The summed E-state index contributed by atoms with van der Waals surface area (Å²) in [5.41, 5.74) is -0.00385. The van der Waals surface area contributed by atoms with E-state index in [0.717, 1.165) is 6.42 Å². The van der Waals surface area contributed by atoms with Gasteiger partial charge in [0.15, 0.2) is 0 Å². The Morgan fingerprint density at radius 2 is 2.05 bits per heavy atom. The molecule has 21 heavy (non-hydrogen) atoms. The fraction of sp³-hybridized carbons (Fsp3) is 0.786. The van der Waals surface area contributed by atoms with E-state index >= 15 is 0 Å². The second kappa shape index (κ2) is 7.97. The molecule has 0 radical (unpaired) electrons. The molecule has 0 saturated heterocycles. The van der Waals surface area contributed by atoms with Crippen molar-refractivity contribution in [1.82, 2.24) is 20.8 Å². The quantitative estimate of drug-likeness (QED) is 0.676. The molecule has 1 aromatic rings. The first-order valence-electron chi connectivity index (χ1n) is 7.41. The Balaban J connectivity index is 2.27. The summed E-state index contributed by atoms with van der Waals surface area (Å²) >= 11 is 0. The molecule has 0 spiro atoms. The average Bonchev–Trinajstić information content (AvgIpc) is 2.83. The Labute approximate surface area is 126 Å². The molecule has 0 bridgehead atoms. The summed E-state index contributed by atoms with van der Waals surface area (Å²) in [6, 6.07) is 0.549. The molecule has 0 aliphatic rings. The highest BCUT2D eigenvalue weighted by atomic mass is 16.4. The third kappa shape index (κ3) is 7.65. The van der Waals surface area contributed by atoms with Gasteiger partial charge in [-0.2, -0.15) is 0 Å². The van der Waals surface area contributed by atoms with Crippen molar-refractivity contribution >= 4 is 11.9 Å². The van der Waals surface area contributed by atoms with Crippen molar-refractivity contribution in [3.05, 3.63) is 5.89 Å². The number of aromatic nitrogens is 2. The largest absolute Gasteiger partial charge is 0.407 e. The molecule has 1 amide bonds. The lowest BCUT2D eigenvalue weighted by Crippen LogP contribution is -2.35. The summed E-state index contributed by atoms with van der Waals surface area (Å²) in [5, 5.41) is 17.0. The van der Waals surface area contributed by atoms with Crippen LogP contribution in [0.5, 0.6) is 0 Å². The minimum Gasteiger partial charge on any atom is -0.407 e. The van der Waals surface area contributed by atoms with E-state index in [1.165, 1.54) is 0 Å². The van der Waals surface area contributed by atoms with Crippen LogP contribution in [0.3, 0.4) is 0 Å². The number of hydrogen-bond donors (Lipinski definition) is 3. The molecule has 1 unspecified atom stereocenters. The molecule has 0 aliphatic heterocycles. The molecule has 0 aromatic carbocycles. The van der Waals surface area contributed by atoms with Crippen molar-refractivity contribution in [1.29, 1.82) is 0 Å². The average molecular weight is 297 g/mol. The second-order valence-electron chi connectivity index (χ2n) is 6.16. The van der Waals surface area contributed by atoms with Crippen LogP contribution in [0.15, 0.2) is 4.42 Å². The molecule has 1 heterocycles. The van der Waals surface area contributed by atoms with Crippen LogP contribution in [0.4, 0.5) is 6.01 Å². The molecule has 1 aromatic heterocycles. The predicted molar refractivity (Wildman–Crippen MR) is 81.9 cm³/mol. The first-order chi connectivity index (χ1) is 9.80. The fourth-order valence-electron chi connectivity index (χ4n) is 1.47. The highest BCUT2D eigenvalue weighted by Gasteiger charge is 2.12. The molecule has 7 heteroatoms. The predicted octanol–water partition coefficient (Wildman–Crippen LogP) is 1.67. The first kappa shape index (κ1) is 17.4. The highest BCUT2D eigenvalue weighted by molar-refractivity contribution is 5.76. The van der Waals surface area contributed by atoms with Gasteiger partial charge in [0.2, 0.25) is 11.8 Å². The van der Waals surface area contributed by atoms with Gasteiger partial charge < -0.3 is 20.4 Å². The zero-order valence-corrected chi connectivity index (χ0v) is 13.6. The van der Waals surface area contributed by atoms with Gasteiger partial charge in [0.05, 0.1) is 6.54 Å². The third-order valence-corrected chi connectivity index (χ3v) is 2.88. The number of hydrogen-bond acceptors (Lipinski definition) is 6. The smallest absolute Gasteiger partial charge is 0.315 e. The van der Waals surface area contributed by atoms with E-state index < -0.39 is 0 Å². The number of nitrogens with zero attached hydrogens (tertiary/aromatic N) is 2. The van der Waals surface area contributed by atoms with E-state index in [9.17, 15) is 4.79 Å². The van der Waals surface area contributed by atoms with Gasteiger partial charge in [-0.25, -0.2) is 0 Å². The second-order valence-corrected chi connectivity index (χ2v) is 6.16. The van der Waals surface area contributed by atoms with Crippen molar-refractivity contribution < 1.29 is 9.21 Å². The summed E-state index contributed by atoms with van der Waals surface area (Å²) < 4.78 is 5.44. The van der Waals surface area contributed by atoms with Gasteiger partial charge in [-0.3, -0.25) is 4.79 Å². The minimum atomic E-state index is -0.00385. The number of carbonyl (C=O) groups excluding carboxylic acids is 1. The molecule has 7 nitrogen and oxygen atoms in total. The topological polar surface area (TPSA) is 92.1 Å². The van der Waals surface area contributed by atoms with Crippen LogP contribution in [-0.4, -0.2) is 34.2 Å². The Bertz CT molecular complexity index is 439. The molecular formula is C14H27N5O2. The standard InChI is InChI=1S/C14H27N5O2/c1-6-10(2)17-11(20)7-8-15-13-19-18-12(21-13)9-16-14(3,4)5/h10,16H,6-9H2,1-5H3,(H,15,19)(H,17,20). The summed E-state index contributed by atoms with van der Waals surface area (Å²) in [4.78, 5) is 11.6. The van der Waals surface area contributed by atoms with Gasteiger partial charge >= 0.3 is 6.01 Å². The van der Waals surface area contributed by atoms with E-state index in [2.05, 4.69) is 46.9 Å². The maximum Gasteiger partial charge on any atom is 0.315 e. The zero-order chi connectivity index (χ0) is 15.9. The van der Waals surface area contributed by atoms with E-state index in [1.54, 1.807) is 0 Å². The number of amides is 1. The van der Waals surface area contributed by atoms with Crippen LogP contribution in [0.25, 0.3) is 0 Å². The lowest BCUT2D eigenvalue weighted by Gasteiger charge is -2.18. The maximum atomic E-state index is 11.6. The molecule has 1 atom stereocenters. The highest BCUT2D eigenvalue weighted by Crippen LogP contribution is 2.07. The minimum absolute atomic E-state index is 0.00385. The van der Waals surface area contributed by atoms with E-state index in [4.69, 9.17) is 4.42 Å². The van der Waals surface area contributed by atoms with Crippen molar-refractivity contribution in [2.45, 2.75) is 65.6 Å². The summed E-state index contributed by atoms with van der Waals surface area (Å²) in [7, 11) is 0. The van der Waals surface area contributed by atoms with Gasteiger partial charge in [0.25, 0.3) is 0 Å². The summed E-state index contributed by atoms with van der Waals surface area (Å²) in [5.74, 6) is 0.544. The number of carbonyl (C=O) groups is 1. The first-order valence-corrected chi connectivity index (χ1v) is 7.41. The van der Waals surface area contributed by atoms with Crippen LogP contribution >= 0.6 is 0 Å². The van der Waals surface area contributed by atoms with Crippen LogP contribution < -0.4 is 16.0 Å². The van der Waals surface area contributed by atoms with Crippen molar-refractivity contribution in [3.63, 3.8) is 0 Å². The van der Waals surface area contributed by atoms with E-state index in [-0.39, 0.29) is 17.5 Å². The Kier molecular flexibility index (Phi) is 6.61. The molecule has 0 fully saturated rings. The van der Waals surface area contributed by atoms with Gasteiger partial charge in [-0.1, -0.05) is 12.0 Å². The molecule has 3 N–H and O–H groups in total. The van der Waals surface area contributed by atoms with Gasteiger partial charge in [0.1, 0.15) is 0 Å². The monoisotopic (exact) mass is 297 g/mol. The lowest BCUT2D eigenvalue weighted by atomic mass is 10.1. The SMILES string of the molecule is CCC(C)NC(=O)CCNc1nnc(CNC(C)(C)C)o1. The van der Waals surface area contributed by atoms with Gasteiger partial charge in [0, 0.05) is 24.5 Å². The molecule has 1 rings (SSSR count). The van der Waals surface area contributed by atoms with E-state index in [1.807, 2.05) is 13.8 Å². The van der Waals surface area contributed by atoms with Crippen molar-refractivity contribution in [2.24, 2.45) is 0 Å². The zero-order valence-electron chi connectivity index (χ0n) is 13.6. The number of anilines is 1. The van der Waals surface area contributed by atoms with Crippen LogP contribution in [-0.2, 0) is 11.3 Å². The van der Waals surface area contributed by atoms with Crippen LogP contribution in [0, 0.1) is 0 Å². The number of nitrogens with one attached hydrogen (secondary N) is 3. The summed E-state index contributed by atoms with van der Waals surface area (Å²) in [6.45, 7) is 11.2. The Hall–Kier alpha value is -1.63. The molecule has 120 valence electrons.